The van der Waals surface area contributed by atoms with Crippen LogP contribution in [0.15, 0.2) is 34.9 Å². The van der Waals surface area contributed by atoms with Crippen LogP contribution in [0, 0.1) is 13.8 Å². The van der Waals surface area contributed by atoms with Gasteiger partial charge in [-0.15, -0.1) is 0 Å². The maximum Gasteiger partial charge on any atom is 0.142 e. The molecule has 0 saturated heterocycles. The van der Waals surface area contributed by atoms with Crippen LogP contribution in [-0.4, -0.2) is 19.1 Å². The van der Waals surface area contributed by atoms with Crippen molar-refractivity contribution >= 4 is 27.4 Å². The Balaban J connectivity index is 2.45. The number of aryl methyl sites for hydroxylation is 2. The summed E-state index contributed by atoms with van der Waals surface area (Å²) in [7, 11) is 3.68. The summed E-state index contributed by atoms with van der Waals surface area (Å²) in [6, 6.07) is 8.16. The van der Waals surface area contributed by atoms with Gasteiger partial charge in [-0.2, -0.15) is 0 Å². The number of anilines is 2. The summed E-state index contributed by atoms with van der Waals surface area (Å²) in [6.07, 6.45) is 1.82. The van der Waals surface area contributed by atoms with Gasteiger partial charge in [0, 0.05) is 17.7 Å². The molecule has 0 amide bonds. The van der Waals surface area contributed by atoms with Gasteiger partial charge in [-0.25, -0.2) is 4.98 Å². The van der Waals surface area contributed by atoms with E-state index in [1.165, 1.54) is 5.56 Å². The van der Waals surface area contributed by atoms with Gasteiger partial charge in [0.1, 0.15) is 11.6 Å². The molecular weight excluding hydrogens is 304 g/mol. The Morgan fingerprint density at radius 3 is 2.58 bits per heavy atom. The van der Waals surface area contributed by atoms with E-state index >= 15 is 0 Å². The fraction of sp³-hybridized carbons (Fsp3) is 0.267. The topological polar surface area (TPSA) is 25.4 Å². The Bertz CT molecular complexity index is 599. The maximum absolute atomic E-state index is 5.42. The van der Waals surface area contributed by atoms with Crippen molar-refractivity contribution in [3.63, 3.8) is 0 Å². The Kier molecular flexibility index (Phi) is 4.10. The molecule has 2 rings (SSSR count). The summed E-state index contributed by atoms with van der Waals surface area (Å²) in [4.78, 5) is 6.48. The number of ether oxygens (including phenoxy) is 1. The third kappa shape index (κ3) is 2.89. The number of hydrogen-bond donors (Lipinski definition) is 0. The van der Waals surface area contributed by atoms with Crippen LogP contribution in [0.1, 0.15) is 11.1 Å². The van der Waals surface area contributed by atoms with E-state index in [9.17, 15) is 0 Å². The largest absolute Gasteiger partial charge is 0.495 e. The second-order valence-electron chi connectivity index (χ2n) is 4.53. The van der Waals surface area contributed by atoms with Crippen molar-refractivity contribution in [1.82, 2.24) is 4.98 Å². The smallest absolute Gasteiger partial charge is 0.142 e. The summed E-state index contributed by atoms with van der Waals surface area (Å²) in [5, 5.41) is 0. The van der Waals surface area contributed by atoms with E-state index in [0.717, 1.165) is 27.3 Å². The Morgan fingerprint density at radius 1 is 1.21 bits per heavy atom. The van der Waals surface area contributed by atoms with Crippen LogP contribution >= 0.6 is 15.9 Å². The van der Waals surface area contributed by atoms with Crippen LogP contribution in [0.5, 0.6) is 5.75 Å². The third-order valence-electron chi connectivity index (χ3n) is 3.07. The second-order valence-corrected chi connectivity index (χ2v) is 5.38. The molecule has 2 aromatic rings. The molecule has 0 aliphatic heterocycles. The normalized spacial score (nSPS) is 10.4. The molecule has 0 N–H and O–H groups in total. The SMILES string of the molecule is COc1ccc(C)cc1N(C)c1cc(C)c(Br)cn1. The highest BCUT2D eigenvalue weighted by atomic mass is 79.9. The van der Waals surface area contributed by atoms with Crippen LogP contribution < -0.4 is 9.64 Å². The summed E-state index contributed by atoms with van der Waals surface area (Å²) >= 11 is 3.47. The molecule has 0 fully saturated rings. The van der Waals surface area contributed by atoms with E-state index in [0.29, 0.717) is 0 Å². The number of methoxy groups -OCH3 is 1. The minimum Gasteiger partial charge on any atom is -0.495 e. The molecule has 1 aromatic heterocycles. The summed E-state index contributed by atoms with van der Waals surface area (Å²) in [5.74, 6) is 1.74. The lowest BCUT2D eigenvalue weighted by Crippen LogP contribution is -2.12. The summed E-state index contributed by atoms with van der Waals surface area (Å²) < 4.78 is 6.43. The lowest BCUT2D eigenvalue weighted by Gasteiger charge is -2.22. The van der Waals surface area contributed by atoms with E-state index in [4.69, 9.17) is 4.74 Å². The molecule has 0 aliphatic rings. The monoisotopic (exact) mass is 320 g/mol. The van der Waals surface area contributed by atoms with Crippen molar-refractivity contribution in [2.24, 2.45) is 0 Å². The van der Waals surface area contributed by atoms with Crippen LogP contribution in [0.3, 0.4) is 0 Å². The Morgan fingerprint density at radius 2 is 1.95 bits per heavy atom. The summed E-state index contributed by atoms with van der Waals surface area (Å²) in [6.45, 7) is 4.12. The van der Waals surface area contributed by atoms with E-state index in [1.54, 1.807) is 7.11 Å². The van der Waals surface area contributed by atoms with E-state index < -0.39 is 0 Å². The first-order valence-electron chi connectivity index (χ1n) is 6.03. The van der Waals surface area contributed by atoms with Gasteiger partial charge in [0.05, 0.1) is 12.8 Å². The van der Waals surface area contributed by atoms with Crippen LogP contribution in [-0.2, 0) is 0 Å². The van der Waals surface area contributed by atoms with Gasteiger partial charge in [0.25, 0.3) is 0 Å². The zero-order valence-electron chi connectivity index (χ0n) is 11.6. The highest BCUT2D eigenvalue weighted by molar-refractivity contribution is 9.10. The molecule has 1 aromatic carbocycles. The van der Waals surface area contributed by atoms with Gasteiger partial charge < -0.3 is 9.64 Å². The molecule has 0 atom stereocenters. The number of rotatable bonds is 3. The average molecular weight is 321 g/mol. The van der Waals surface area contributed by atoms with Crippen LogP contribution in [0.25, 0.3) is 0 Å². The van der Waals surface area contributed by atoms with Crippen LogP contribution in [0.2, 0.25) is 0 Å². The Labute approximate surface area is 122 Å². The van der Waals surface area contributed by atoms with Gasteiger partial charge >= 0.3 is 0 Å². The minimum absolute atomic E-state index is 0.843. The molecule has 0 saturated carbocycles. The molecule has 0 spiro atoms. The molecule has 1 heterocycles. The van der Waals surface area contributed by atoms with Crippen molar-refractivity contribution in [3.8, 4) is 5.75 Å². The van der Waals surface area contributed by atoms with Gasteiger partial charge in [0.2, 0.25) is 0 Å². The number of halogens is 1. The average Bonchev–Trinajstić information content (AvgIpc) is 2.41. The predicted molar refractivity (Wildman–Crippen MR) is 82.5 cm³/mol. The van der Waals surface area contributed by atoms with Gasteiger partial charge in [0.15, 0.2) is 0 Å². The molecule has 0 aliphatic carbocycles. The first-order valence-corrected chi connectivity index (χ1v) is 6.82. The van der Waals surface area contributed by atoms with E-state index in [2.05, 4.69) is 40.8 Å². The number of benzene rings is 1. The quantitative estimate of drug-likeness (QED) is 0.845. The zero-order valence-corrected chi connectivity index (χ0v) is 13.2. The number of pyridine rings is 1. The molecular formula is C15H17BrN2O. The van der Waals surface area contributed by atoms with Gasteiger partial charge in [-0.1, -0.05) is 6.07 Å². The standard InChI is InChI=1S/C15H17BrN2O/c1-10-5-6-14(19-4)13(7-10)18(3)15-8-11(2)12(16)9-17-15/h5-9H,1-4H3. The van der Waals surface area contributed by atoms with Crippen molar-refractivity contribution < 1.29 is 4.74 Å². The van der Waals surface area contributed by atoms with E-state index in [-0.39, 0.29) is 0 Å². The van der Waals surface area contributed by atoms with Crippen molar-refractivity contribution in [2.75, 3.05) is 19.1 Å². The molecule has 4 heteroatoms. The highest BCUT2D eigenvalue weighted by Crippen LogP contribution is 2.33. The fourth-order valence-electron chi connectivity index (χ4n) is 1.89. The van der Waals surface area contributed by atoms with Gasteiger partial charge in [-0.05, 0) is 59.1 Å². The lowest BCUT2D eigenvalue weighted by molar-refractivity contribution is 0.415. The zero-order chi connectivity index (χ0) is 14.0. The minimum atomic E-state index is 0.843. The first-order chi connectivity index (χ1) is 9.02. The Hall–Kier alpha value is -1.55. The van der Waals surface area contributed by atoms with Gasteiger partial charge in [-0.3, -0.25) is 0 Å². The van der Waals surface area contributed by atoms with E-state index in [1.807, 2.05) is 36.3 Å². The molecule has 3 nitrogen and oxygen atoms in total. The van der Waals surface area contributed by atoms with Crippen molar-refractivity contribution in [1.29, 1.82) is 0 Å². The predicted octanol–water partition coefficient (Wildman–Crippen LogP) is 4.24. The van der Waals surface area contributed by atoms with Crippen LogP contribution in [0.4, 0.5) is 11.5 Å². The van der Waals surface area contributed by atoms with Crippen molar-refractivity contribution in [3.05, 3.63) is 46.1 Å². The molecule has 0 bridgehead atoms. The first kappa shape index (κ1) is 13.9. The molecule has 0 unspecified atom stereocenters. The maximum atomic E-state index is 5.42. The highest BCUT2D eigenvalue weighted by Gasteiger charge is 2.12. The molecule has 100 valence electrons. The second kappa shape index (κ2) is 5.61. The number of nitrogens with zero attached hydrogens (tertiary/aromatic N) is 2. The summed E-state index contributed by atoms with van der Waals surface area (Å²) in [5.41, 5.74) is 3.36. The fourth-order valence-corrected chi connectivity index (χ4v) is 2.11. The number of aromatic nitrogens is 1. The lowest BCUT2D eigenvalue weighted by atomic mass is 10.2. The van der Waals surface area contributed by atoms with Crippen molar-refractivity contribution in [2.45, 2.75) is 13.8 Å². The molecule has 19 heavy (non-hydrogen) atoms. The third-order valence-corrected chi connectivity index (χ3v) is 3.90. The number of hydrogen-bond acceptors (Lipinski definition) is 3. The molecule has 0 radical (unpaired) electrons.